The second-order valence-electron chi connectivity index (χ2n) is 7.57. The van der Waals surface area contributed by atoms with Crippen LogP contribution in [-0.2, 0) is 20.4 Å². The van der Waals surface area contributed by atoms with Gasteiger partial charge < -0.3 is 4.90 Å². The Kier molecular flexibility index (Phi) is 5.74. The van der Waals surface area contributed by atoms with Crippen LogP contribution in [0.1, 0.15) is 43.9 Å². The highest BCUT2D eigenvalue weighted by Crippen LogP contribution is 2.24. The first-order valence-electron chi connectivity index (χ1n) is 8.66. The SMILES string of the molecule is Cc1ccc(C)c(CS(=O)(=O)[C@H](C)C(=O)N2C[C@H](C)C[C@H](C)C2)c1. The molecule has 0 N–H and O–H groups in total. The lowest BCUT2D eigenvalue weighted by molar-refractivity contribution is -0.133. The van der Waals surface area contributed by atoms with E-state index in [1.54, 1.807) is 4.90 Å². The third kappa shape index (κ3) is 4.38. The van der Waals surface area contributed by atoms with Crippen molar-refractivity contribution in [3.05, 3.63) is 34.9 Å². The van der Waals surface area contributed by atoms with Gasteiger partial charge in [0.15, 0.2) is 9.84 Å². The monoisotopic (exact) mass is 351 g/mol. The molecule has 1 saturated heterocycles. The number of amides is 1. The molecule has 0 radical (unpaired) electrons. The Bertz CT molecular complexity index is 701. The Hall–Kier alpha value is -1.36. The molecule has 1 heterocycles. The Morgan fingerprint density at radius 2 is 1.79 bits per heavy atom. The molecule has 1 aromatic carbocycles. The average molecular weight is 352 g/mol. The number of likely N-dealkylation sites (tertiary alicyclic amines) is 1. The van der Waals surface area contributed by atoms with E-state index < -0.39 is 15.1 Å². The van der Waals surface area contributed by atoms with Crippen molar-refractivity contribution in [2.45, 2.75) is 52.0 Å². The lowest BCUT2D eigenvalue weighted by Gasteiger charge is -2.36. The minimum atomic E-state index is -3.53. The van der Waals surface area contributed by atoms with Crippen molar-refractivity contribution in [2.75, 3.05) is 13.1 Å². The van der Waals surface area contributed by atoms with Crippen LogP contribution in [0.15, 0.2) is 18.2 Å². The number of hydrogen-bond acceptors (Lipinski definition) is 3. The number of piperidine rings is 1. The molecule has 1 aliphatic heterocycles. The number of aryl methyl sites for hydroxylation is 2. The zero-order chi connectivity index (χ0) is 18.1. The molecule has 4 nitrogen and oxygen atoms in total. The molecular weight excluding hydrogens is 322 g/mol. The molecule has 0 saturated carbocycles. The topological polar surface area (TPSA) is 54.5 Å². The molecule has 134 valence electrons. The normalized spacial score (nSPS) is 23.1. The highest BCUT2D eigenvalue weighted by Gasteiger charge is 2.34. The van der Waals surface area contributed by atoms with Crippen molar-refractivity contribution in [2.24, 2.45) is 11.8 Å². The van der Waals surface area contributed by atoms with Gasteiger partial charge in [-0.1, -0.05) is 37.6 Å². The van der Waals surface area contributed by atoms with Gasteiger partial charge in [-0.3, -0.25) is 4.79 Å². The molecule has 0 bridgehead atoms. The summed E-state index contributed by atoms with van der Waals surface area (Å²) in [6.45, 7) is 10.9. The van der Waals surface area contributed by atoms with E-state index in [9.17, 15) is 13.2 Å². The van der Waals surface area contributed by atoms with Crippen molar-refractivity contribution in [3.8, 4) is 0 Å². The molecule has 1 aliphatic rings. The van der Waals surface area contributed by atoms with Crippen molar-refractivity contribution in [3.63, 3.8) is 0 Å². The number of sulfone groups is 1. The second-order valence-corrected chi connectivity index (χ2v) is 9.89. The molecule has 0 spiro atoms. The number of benzene rings is 1. The first-order chi connectivity index (χ1) is 11.1. The first kappa shape index (κ1) is 19.0. The molecule has 24 heavy (non-hydrogen) atoms. The van der Waals surface area contributed by atoms with E-state index in [-0.39, 0.29) is 11.7 Å². The highest BCUT2D eigenvalue weighted by molar-refractivity contribution is 7.92. The average Bonchev–Trinajstić information content (AvgIpc) is 2.48. The highest BCUT2D eigenvalue weighted by atomic mass is 32.2. The Morgan fingerprint density at radius 1 is 1.21 bits per heavy atom. The van der Waals surface area contributed by atoms with Gasteiger partial charge in [-0.25, -0.2) is 8.42 Å². The zero-order valence-electron chi connectivity index (χ0n) is 15.4. The van der Waals surface area contributed by atoms with E-state index in [4.69, 9.17) is 0 Å². The van der Waals surface area contributed by atoms with Gasteiger partial charge in [0.05, 0.1) is 5.75 Å². The summed E-state index contributed by atoms with van der Waals surface area (Å²) in [4.78, 5) is 14.5. The summed E-state index contributed by atoms with van der Waals surface area (Å²) in [6.07, 6.45) is 1.09. The molecule has 0 aromatic heterocycles. The van der Waals surface area contributed by atoms with E-state index in [0.29, 0.717) is 24.9 Å². The predicted octanol–water partition coefficient (Wildman–Crippen LogP) is 3.11. The summed E-state index contributed by atoms with van der Waals surface area (Å²) in [5.41, 5.74) is 2.77. The van der Waals surface area contributed by atoms with Crippen molar-refractivity contribution in [1.82, 2.24) is 4.90 Å². The van der Waals surface area contributed by atoms with Crippen LogP contribution in [-0.4, -0.2) is 37.6 Å². The van der Waals surface area contributed by atoms with E-state index >= 15 is 0 Å². The molecule has 5 heteroatoms. The maximum atomic E-state index is 12.8. The van der Waals surface area contributed by atoms with E-state index in [2.05, 4.69) is 13.8 Å². The zero-order valence-corrected chi connectivity index (χ0v) is 16.2. The maximum absolute atomic E-state index is 12.8. The van der Waals surface area contributed by atoms with Crippen LogP contribution in [0.3, 0.4) is 0 Å². The molecule has 0 aliphatic carbocycles. The fourth-order valence-corrected chi connectivity index (χ4v) is 5.00. The van der Waals surface area contributed by atoms with Gasteiger partial charge in [-0.15, -0.1) is 0 Å². The van der Waals surface area contributed by atoms with Gasteiger partial charge in [0.25, 0.3) is 0 Å². The predicted molar refractivity (Wildman–Crippen MR) is 97.5 cm³/mol. The molecular formula is C19H29NO3S. The van der Waals surface area contributed by atoms with Crippen molar-refractivity contribution in [1.29, 1.82) is 0 Å². The molecule has 3 atom stereocenters. The smallest absolute Gasteiger partial charge is 0.240 e. The van der Waals surface area contributed by atoms with Crippen LogP contribution >= 0.6 is 0 Å². The molecule has 1 aromatic rings. The molecule has 2 rings (SSSR count). The minimum absolute atomic E-state index is 0.0770. The van der Waals surface area contributed by atoms with Gasteiger partial charge in [-0.05, 0) is 50.2 Å². The van der Waals surface area contributed by atoms with Gasteiger partial charge >= 0.3 is 0 Å². The van der Waals surface area contributed by atoms with E-state index in [1.165, 1.54) is 6.92 Å². The lowest BCUT2D eigenvalue weighted by Crippen LogP contribution is -2.48. The Labute approximate surface area is 146 Å². The Morgan fingerprint density at radius 3 is 2.38 bits per heavy atom. The first-order valence-corrected chi connectivity index (χ1v) is 10.4. The van der Waals surface area contributed by atoms with E-state index in [1.807, 2.05) is 32.0 Å². The van der Waals surface area contributed by atoms with Crippen LogP contribution < -0.4 is 0 Å². The summed E-state index contributed by atoms with van der Waals surface area (Å²) < 4.78 is 25.5. The van der Waals surface area contributed by atoms with E-state index in [0.717, 1.165) is 23.1 Å². The third-order valence-electron chi connectivity index (χ3n) is 4.93. The largest absolute Gasteiger partial charge is 0.341 e. The Balaban J connectivity index is 2.16. The van der Waals surface area contributed by atoms with Gasteiger partial charge in [0.2, 0.25) is 5.91 Å². The summed E-state index contributed by atoms with van der Waals surface area (Å²) in [7, 11) is -3.53. The lowest BCUT2D eigenvalue weighted by atomic mass is 9.92. The van der Waals surface area contributed by atoms with Crippen LogP contribution in [0.5, 0.6) is 0 Å². The quantitative estimate of drug-likeness (QED) is 0.837. The second kappa shape index (κ2) is 7.26. The van der Waals surface area contributed by atoms with Crippen LogP contribution in [0.4, 0.5) is 0 Å². The van der Waals surface area contributed by atoms with Crippen molar-refractivity contribution < 1.29 is 13.2 Å². The summed E-state index contributed by atoms with van der Waals surface area (Å²) in [5, 5.41) is -0.991. The van der Waals surface area contributed by atoms with Crippen LogP contribution in [0.2, 0.25) is 0 Å². The van der Waals surface area contributed by atoms with Gasteiger partial charge in [-0.2, -0.15) is 0 Å². The fraction of sp³-hybridized carbons (Fsp3) is 0.632. The minimum Gasteiger partial charge on any atom is -0.341 e. The summed E-state index contributed by atoms with van der Waals surface area (Å²) in [5.74, 6) is 0.517. The van der Waals surface area contributed by atoms with Crippen molar-refractivity contribution >= 4 is 15.7 Å². The number of carbonyl (C=O) groups is 1. The van der Waals surface area contributed by atoms with Crippen LogP contribution in [0.25, 0.3) is 0 Å². The molecule has 0 unspecified atom stereocenters. The third-order valence-corrected chi connectivity index (χ3v) is 6.92. The maximum Gasteiger partial charge on any atom is 0.240 e. The molecule has 1 fully saturated rings. The summed E-state index contributed by atoms with van der Waals surface area (Å²) >= 11 is 0. The molecule has 1 amide bonds. The van der Waals surface area contributed by atoms with Crippen LogP contribution in [0, 0.1) is 25.7 Å². The van der Waals surface area contributed by atoms with Gasteiger partial charge in [0, 0.05) is 13.1 Å². The fourth-order valence-electron chi connectivity index (χ4n) is 3.55. The number of nitrogens with zero attached hydrogens (tertiary/aromatic N) is 1. The summed E-state index contributed by atoms with van der Waals surface area (Å²) in [6, 6.07) is 5.80. The number of hydrogen-bond donors (Lipinski definition) is 0. The number of carbonyl (C=O) groups excluding carboxylic acids is 1. The number of rotatable bonds is 4. The standard InChI is InChI=1S/C19H29NO3S/c1-13-6-7-16(4)18(9-13)12-24(22,23)17(5)19(21)20-10-14(2)8-15(3)11-20/h6-7,9,14-15,17H,8,10-12H2,1-5H3/t14-,15+,17-/m1/s1. The van der Waals surface area contributed by atoms with Gasteiger partial charge in [0.1, 0.15) is 5.25 Å².